The first-order valence-corrected chi connectivity index (χ1v) is 8.42. The van der Waals surface area contributed by atoms with Crippen LogP contribution >= 0.6 is 12.4 Å². The lowest BCUT2D eigenvalue weighted by Crippen LogP contribution is -2.53. The minimum Gasteiger partial charge on any atom is -0.334 e. The van der Waals surface area contributed by atoms with Crippen LogP contribution in [0.4, 0.5) is 0 Å². The van der Waals surface area contributed by atoms with Crippen LogP contribution in [-0.4, -0.2) is 41.4 Å². The van der Waals surface area contributed by atoms with Crippen LogP contribution < -0.4 is 5.73 Å². The van der Waals surface area contributed by atoms with Gasteiger partial charge in [0.25, 0.3) is 10.0 Å². The monoisotopic (exact) mass is 336 g/mol. The van der Waals surface area contributed by atoms with Crippen LogP contribution in [0.3, 0.4) is 0 Å². The molecule has 0 amide bonds. The molecule has 1 aliphatic heterocycles. The van der Waals surface area contributed by atoms with Crippen molar-refractivity contribution in [2.24, 2.45) is 11.1 Å². The SMILES string of the molecule is CCn1cc(S(=O)(=O)N2CCC(N)C(C)(C)C2)nc1C.Cl. The first kappa shape index (κ1) is 18.4. The number of hydrogen-bond acceptors (Lipinski definition) is 4. The maximum atomic E-state index is 12.7. The van der Waals surface area contributed by atoms with E-state index in [1.165, 1.54) is 4.31 Å². The van der Waals surface area contributed by atoms with E-state index in [0.717, 1.165) is 5.82 Å². The van der Waals surface area contributed by atoms with Gasteiger partial charge in [-0.3, -0.25) is 0 Å². The van der Waals surface area contributed by atoms with E-state index in [4.69, 9.17) is 5.73 Å². The Morgan fingerprint density at radius 2 is 2.10 bits per heavy atom. The molecule has 1 aliphatic rings. The topological polar surface area (TPSA) is 81.2 Å². The zero-order chi connectivity index (χ0) is 15.1. The molecule has 21 heavy (non-hydrogen) atoms. The number of piperidine rings is 1. The zero-order valence-electron chi connectivity index (χ0n) is 13.0. The molecule has 0 aromatic carbocycles. The summed E-state index contributed by atoms with van der Waals surface area (Å²) in [6.45, 7) is 9.42. The van der Waals surface area contributed by atoms with Crippen LogP contribution in [0.2, 0.25) is 0 Å². The lowest BCUT2D eigenvalue weighted by Gasteiger charge is -2.41. The molecule has 2 N–H and O–H groups in total. The highest BCUT2D eigenvalue weighted by molar-refractivity contribution is 7.89. The van der Waals surface area contributed by atoms with E-state index >= 15 is 0 Å². The predicted octanol–water partition coefficient (Wildman–Crippen LogP) is 1.38. The van der Waals surface area contributed by atoms with Crippen molar-refractivity contribution in [3.8, 4) is 0 Å². The van der Waals surface area contributed by atoms with Crippen LogP contribution in [0.1, 0.15) is 33.0 Å². The Morgan fingerprint density at radius 1 is 1.48 bits per heavy atom. The van der Waals surface area contributed by atoms with Gasteiger partial charge in [-0.25, -0.2) is 13.4 Å². The van der Waals surface area contributed by atoms with Crippen LogP contribution in [0.15, 0.2) is 11.2 Å². The molecule has 0 spiro atoms. The summed E-state index contributed by atoms with van der Waals surface area (Å²) in [5.41, 5.74) is 5.85. The highest BCUT2D eigenvalue weighted by Crippen LogP contribution is 2.31. The normalized spacial score (nSPS) is 22.8. The number of sulfonamides is 1. The van der Waals surface area contributed by atoms with Gasteiger partial charge in [0.15, 0.2) is 5.03 Å². The third kappa shape index (κ3) is 3.41. The van der Waals surface area contributed by atoms with Crippen molar-refractivity contribution in [2.75, 3.05) is 13.1 Å². The first-order chi connectivity index (χ1) is 9.18. The molecular weight excluding hydrogens is 312 g/mol. The number of nitrogens with zero attached hydrogens (tertiary/aromatic N) is 3. The Bertz CT molecular complexity index is 597. The van der Waals surface area contributed by atoms with E-state index in [9.17, 15) is 8.42 Å². The minimum absolute atomic E-state index is 0. The number of rotatable bonds is 3. The number of aryl methyl sites for hydroxylation is 2. The largest absolute Gasteiger partial charge is 0.334 e. The summed E-state index contributed by atoms with van der Waals surface area (Å²) < 4.78 is 28.7. The summed E-state index contributed by atoms with van der Waals surface area (Å²) in [7, 11) is -3.52. The molecule has 1 aromatic heterocycles. The van der Waals surface area contributed by atoms with Crippen molar-refractivity contribution in [1.82, 2.24) is 13.9 Å². The molecule has 2 heterocycles. The molecule has 0 bridgehead atoms. The van der Waals surface area contributed by atoms with E-state index in [-0.39, 0.29) is 28.9 Å². The fraction of sp³-hybridized carbons (Fsp3) is 0.769. The molecule has 1 unspecified atom stereocenters. The van der Waals surface area contributed by atoms with Gasteiger partial charge in [0, 0.05) is 31.9 Å². The molecular formula is C13H25ClN4O2S. The third-order valence-electron chi connectivity index (χ3n) is 4.18. The average Bonchev–Trinajstić information content (AvgIpc) is 2.74. The van der Waals surface area contributed by atoms with Crippen molar-refractivity contribution in [3.05, 3.63) is 12.0 Å². The Hall–Kier alpha value is -0.630. The molecule has 0 radical (unpaired) electrons. The Labute approximate surface area is 133 Å². The van der Waals surface area contributed by atoms with Gasteiger partial charge in [0.05, 0.1) is 0 Å². The van der Waals surface area contributed by atoms with Gasteiger partial charge in [0.1, 0.15) is 5.82 Å². The molecule has 2 rings (SSSR count). The highest BCUT2D eigenvalue weighted by Gasteiger charge is 2.39. The fourth-order valence-electron chi connectivity index (χ4n) is 2.59. The van der Waals surface area contributed by atoms with E-state index in [2.05, 4.69) is 4.98 Å². The van der Waals surface area contributed by atoms with Gasteiger partial charge in [-0.2, -0.15) is 4.31 Å². The quantitative estimate of drug-likeness (QED) is 0.904. The van der Waals surface area contributed by atoms with Crippen molar-refractivity contribution < 1.29 is 8.42 Å². The Balaban J connectivity index is 0.00000220. The van der Waals surface area contributed by atoms with Crippen molar-refractivity contribution in [3.63, 3.8) is 0 Å². The van der Waals surface area contributed by atoms with E-state index in [1.807, 2.05) is 32.3 Å². The van der Waals surface area contributed by atoms with E-state index in [0.29, 0.717) is 26.1 Å². The van der Waals surface area contributed by atoms with Gasteiger partial charge in [-0.05, 0) is 25.7 Å². The van der Waals surface area contributed by atoms with Crippen molar-refractivity contribution in [1.29, 1.82) is 0 Å². The predicted molar refractivity (Wildman–Crippen MR) is 85.0 cm³/mol. The molecule has 1 saturated heterocycles. The number of imidazole rings is 1. The van der Waals surface area contributed by atoms with Crippen LogP contribution in [0, 0.1) is 12.3 Å². The average molecular weight is 337 g/mol. The van der Waals surface area contributed by atoms with E-state index < -0.39 is 10.0 Å². The summed E-state index contributed by atoms with van der Waals surface area (Å²) >= 11 is 0. The van der Waals surface area contributed by atoms with Crippen molar-refractivity contribution in [2.45, 2.75) is 51.7 Å². The number of hydrogen-bond donors (Lipinski definition) is 1. The number of aromatic nitrogens is 2. The molecule has 6 nitrogen and oxygen atoms in total. The van der Waals surface area contributed by atoms with Gasteiger partial charge in [-0.15, -0.1) is 12.4 Å². The molecule has 1 atom stereocenters. The third-order valence-corrected chi connectivity index (χ3v) is 5.89. The second kappa shape index (κ2) is 6.24. The first-order valence-electron chi connectivity index (χ1n) is 6.98. The Morgan fingerprint density at radius 3 is 2.57 bits per heavy atom. The second-order valence-corrected chi connectivity index (χ2v) is 8.02. The Kier molecular flexibility index (Phi) is 5.47. The lowest BCUT2D eigenvalue weighted by molar-refractivity contribution is 0.155. The van der Waals surface area contributed by atoms with Gasteiger partial charge < -0.3 is 10.3 Å². The van der Waals surface area contributed by atoms with Gasteiger partial charge in [-0.1, -0.05) is 13.8 Å². The summed E-state index contributed by atoms with van der Waals surface area (Å²) in [6.07, 6.45) is 2.30. The zero-order valence-corrected chi connectivity index (χ0v) is 14.7. The fourth-order valence-corrected chi connectivity index (χ4v) is 4.21. The minimum atomic E-state index is -3.52. The standard InChI is InChI=1S/C13H24N4O2S.ClH/c1-5-16-8-12(15-10(16)2)20(18,19)17-7-6-11(14)13(3,4)9-17;/h8,11H,5-7,9,14H2,1-4H3;1H. The number of nitrogens with two attached hydrogens (primary N) is 1. The lowest BCUT2D eigenvalue weighted by atomic mass is 9.81. The van der Waals surface area contributed by atoms with E-state index in [1.54, 1.807) is 6.20 Å². The summed E-state index contributed by atoms with van der Waals surface area (Å²) in [5.74, 6) is 0.721. The molecule has 1 fully saturated rings. The smallest absolute Gasteiger partial charge is 0.262 e. The van der Waals surface area contributed by atoms with Gasteiger partial charge >= 0.3 is 0 Å². The summed E-state index contributed by atoms with van der Waals surface area (Å²) in [4.78, 5) is 4.20. The molecule has 122 valence electrons. The highest BCUT2D eigenvalue weighted by atomic mass is 35.5. The maximum Gasteiger partial charge on any atom is 0.262 e. The molecule has 0 aliphatic carbocycles. The van der Waals surface area contributed by atoms with Gasteiger partial charge in [0.2, 0.25) is 0 Å². The van der Waals surface area contributed by atoms with Crippen LogP contribution in [0.5, 0.6) is 0 Å². The molecule has 8 heteroatoms. The van der Waals surface area contributed by atoms with Crippen molar-refractivity contribution >= 4 is 22.4 Å². The molecule has 1 aromatic rings. The van der Waals surface area contributed by atoms with Crippen LogP contribution in [-0.2, 0) is 16.6 Å². The number of halogens is 1. The maximum absolute atomic E-state index is 12.7. The summed E-state index contributed by atoms with van der Waals surface area (Å²) in [5, 5.41) is 0.142. The second-order valence-electron chi connectivity index (χ2n) is 6.13. The summed E-state index contributed by atoms with van der Waals surface area (Å²) in [6, 6.07) is 0.0314. The molecule has 0 saturated carbocycles. The van der Waals surface area contributed by atoms with Crippen LogP contribution in [0.25, 0.3) is 0 Å².